The van der Waals surface area contributed by atoms with Gasteiger partial charge in [0.25, 0.3) is 5.91 Å². The number of aromatic nitrogens is 3. The highest BCUT2D eigenvalue weighted by Gasteiger charge is 2.23. The van der Waals surface area contributed by atoms with Gasteiger partial charge in [-0.1, -0.05) is 60.8 Å². The van der Waals surface area contributed by atoms with Gasteiger partial charge in [0.15, 0.2) is 11.0 Å². The second kappa shape index (κ2) is 11.7. The van der Waals surface area contributed by atoms with Crippen LogP contribution in [0.3, 0.4) is 0 Å². The van der Waals surface area contributed by atoms with E-state index in [0.29, 0.717) is 39.1 Å². The van der Waals surface area contributed by atoms with Crippen molar-refractivity contribution < 1.29 is 9.59 Å². The van der Waals surface area contributed by atoms with Crippen LogP contribution in [0.4, 0.5) is 0 Å². The molecule has 3 rings (SSSR count). The molecule has 0 saturated heterocycles. The molecule has 0 unspecified atom stereocenters. The zero-order chi connectivity index (χ0) is 23.1. The zero-order valence-electron chi connectivity index (χ0n) is 17.9. The first-order chi connectivity index (χ1) is 15.4. The second-order valence-corrected chi connectivity index (χ2v) is 9.59. The lowest BCUT2D eigenvalue weighted by Gasteiger charge is -2.29. The standard InChI is InChI=1S/C22H27Cl2N5O2S/c1-3-10-29-19(12-25-21(31)15-8-9-16(23)17(24)11-15)27-28-22(29)32-13-20(30)26-18-7-5-4-6-14(18)2/h3,8-9,11,14,18H,1,4-7,10,12-13H2,2H3,(H,25,31)(H,26,30)/t14-,18-/m0/s1. The Morgan fingerprint density at radius 3 is 2.75 bits per heavy atom. The summed E-state index contributed by atoms with van der Waals surface area (Å²) in [5.74, 6) is 1.03. The molecule has 32 heavy (non-hydrogen) atoms. The van der Waals surface area contributed by atoms with Gasteiger partial charge in [-0.25, -0.2) is 0 Å². The summed E-state index contributed by atoms with van der Waals surface area (Å²) in [7, 11) is 0. The van der Waals surface area contributed by atoms with E-state index < -0.39 is 0 Å². The topological polar surface area (TPSA) is 88.9 Å². The third-order valence-electron chi connectivity index (χ3n) is 5.48. The Bertz CT molecular complexity index is 981. The van der Waals surface area contributed by atoms with E-state index in [-0.39, 0.29) is 30.2 Å². The number of hydrogen-bond donors (Lipinski definition) is 2. The molecular formula is C22H27Cl2N5O2S. The van der Waals surface area contributed by atoms with Crippen molar-refractivity contribution in [1.82, 2.24) is 25.4 Å². The largest absolute Gasteiger partial charge is 0.352 e. The van der Waals surface area contributed by atoms with Gasteiger partial charge in [0.05, 0.1) is 22.3 Å². The predicted molar refractivity (Wildman–Crippen MR) is 128 cm³/mol. The number of amides is 2. The highest BCUT2D eigenvalue weighted by atomic mass is 35.5. The molecule has 2 amide bonds. The minimum Gasteiger partial charge on any atom is -0.352 e. The van der Waals surface area contributed by atoms with Crippen molar-refractivity contribution in [3.63, 3.8) is 0 Å². The van der Waals surface area contributed by atoms with Gasteiger partial charge in [0.1, 0.15) is 0 Å². The molecular weight excluding hydrogens is 469 g/mol. The minimum atomic E-state index is -0.299. The van der Waals surface area contributed by atoms with E-state index in [2.05, 4.69) is 34.3 Å². The van der Waals surface area contributed by atoms with Crippen molar-refractivity contribution in [2.75, 3.05) is 5.75 Å². The van der Waals surface area contributed by atoms with Crippen molar-refractivity contribution in [3.05, 3.63) is 52.3 Å². The highest BCUT2D eigenvalue weighted by molar-refractivity contribution is 7.99. The summed E-state index contributed by atoms with van der Waals surface area (Å²) in [6.45, 7) is 6.61. The van der Waals surface area contributed by atoms with E-state index in [0.717, 1.165) is 19.3 Å². The summed E-state index contributed by atoms with van der Waals surface area (Å²) in [6, 6.07) is 4.94. The van der Waals surface area contributed by atoms with Crippen LogP contribution in [0.15, 0.2) is 36.0 Å². The van der Waals surface area contributed by atoms with Crippen molar-refractivity contribution in [1.29, 1.82) is 0 Å². The maximum atomic E-state index is 12.4. The van der Waals surface area contributed by atoms with Gasteiger partial charge in [0.2, 0.25) is 5.91 Å². The van der Waals surface area contributed by atoms with Gasteiger partial charge >= 0.3 is 0 Å². The summed E-state index contributed by atoms with van der Waals surface area (Å²) in [4.78, 5) is 24.9. The number of allylic oxidation sites excluding steroid dienone is 1. The van der Waals surface area contributed by atoms with Crippen molar-refractivity contribution in [3.8, 4) is 0 Å². The lowest BCUT2D eigenvalue weighted by molar-refractivity contribution is -0.119. The molecule has 172 valence electrons. The first-order valence-corrected chi connectivity index (χ1v) is 12.3. The zero-order valence-corrected chi connectivity index (χ0v) is 20.3. The van der Waals surface area contributed by atoms with Gasteiger partial charge in [-0.15, -0.1) is 16.8 Å². The van der Waals surface area contributed by atoms with E-state index in [4.69, 9.17) is 23.2 Å². The normalized spacial score (nSPS) is 18.2. The molecule has 0 aliphatic heterocycles. The van der Waals surface area contributed by atoms with Crippen LogP contribution in [0, 0.1) is 5.92 Å². The van der Waals surface area contributed by atoms with Crippen LogP contribution >= 0.6 is 35.0 Å². The smallest absolute Gasteiger partial charge is 0.251 e. The highest BCUT2D eigenvalue weighted by Crippen LogP contribution is 2.25. The molecule has 2 atom stereocenters. The maximum Gasteiger partial charge on any atom is 0.251 e. The minimum absolute atomic E-state index is 0.00336. The van der Waals surface area contributed by atoms with Crippen molar-refractivity contribution >= 4 is 46.8 Å². The van der Waals surface area contributed by atoms with E-state index in [1.807, 2.05) is 4.57 Å². The Morgan fingerprint density at radius 1 is 1.25 bits per heavy atom. The first-order valence-electron chi connectivity index (χ1n) is 10.6. The van der Waals surface area contributed by atoms with E-state index in [1.54, 1.807) is 18.2 Å². The second-order valence-electron chi connectivity index (χ2n) is 7.83. The number of nitrogens with zero attached hydrogens (tertiary/aromatic N) is 3. The number of carbonyl (C=O) groups is 2. The van der Waals surface area contributed by atoms with Crippen LogP contribution in [-0.4, -0.2) is 38.4 Å². The Hall–Kier alpha value is -2.03. The van der Waals surface area contributed by atoms with Crippen LogP contribution in [0.2, 0.25) is 10.0 Å². The molecule has 7 nitrogen and oxygen atoms in total. The SMILES string of the molecule is C=CCn1c(CNC(=O)c2ccc(Cl)c(Cl)c2)nnc1SCC(=O)N[C@H]1CCCC[C@@H]1C. The van der Waals surface area contributed by atoms with Gasteiger partial charge in [-0.05, 0) is 37.0 Å². The van der Waals surface area contributed by atoms with Gasteiger partial charge < -0.3 is 15.2 Å². The maximum absolute atomic E-state index is 12.4. The molecule has 1 aromatic heterocycles. The van der Waals surface area contributed by atoms with Crippen LogP contribution in [0.5, 0.6) is 0 Å². The fourth-order valence-electron chi connectivity index (χ4n) is 3.68. The lowest BCUT2D eigenvalue weighted by atomic mass is 9.86. The van der Waals surface area contributed by atoms with Crippen LogP contribution < -0.4 is 10.6 Å². The fraction of sp³-hybridized carbons (Fsp3) is 0.455. The molecule has 0 spiro atoms. The number of carbonyl (C=O) groups excluding carboxylic acids is 2. The number of benzene rings is 1. The van der Waals surface area contributed by atoms with Crippen molar-refractivity contribution in [2.45, 2.75) is 56.9 Å². The molecule has 1 aliphatic rings. The number of hydrogen-bond acceptors (Lipinski definition) is 5. The van der Waals surface area contributed by atoms with Gasteiger partial charge in [0, 0.05) is 18.2 Å². The Morgan fingerprint density at radius 2 is 2.03 bits per heavy atom. The molecule has 0 radical (unpaired) electrons. The average molecular weight is 496 g/mol. The van der Waals surface area contributed by atoms with Gasteiger partial charge in [-0.3, -0.25) is 9.59 Å². The van der Waals surface area contributed by atoms with E-state index >= 15 is 0 Å². The number of thioether (sulfide) groups is 1. The summed E-state index contributed by atoms with van der Waals surface area (Å²) in [5.41, 5.74) is 0.400. The summed E-state index contributed by atoms with van der Waals surface area (Å²) in [5, 5.41) is 15.7. The number of halogens is 2. The van der Waals surface area contributed by atoms with Gasteiger partial charge in [-0.2, -0.15) is 0 Å². The van der Waals surface area contributed by atoms with Crippen LogP contribution in [0.1, 0.15) is 48.8 Å². The Balaban J connectivity index is 1.58. The predicted octanol–water partition coefficient (Wildman–Crippen LogP) is 4.49. The monoisotopic (exact) mass is 495 g/mol. The Labute approximate surface area is 202 Å². The average Bonchev–Trinajstić information content (AvgIpc) is 3.16. The van der Waals surface area contributed by atoms with E-state index in [9.17, 15) is 9.59 Å². The molecule has 1 aromatic carbocycles. The molecule has 1 aliphatic carbocycles. The van der Waals surface area contributed by atoms with Crippen LogP contribution in [-0.2, 0) is 17.9 Å². The third-order valence-corrected chi connectivity index (χ3v) is 7.19. The summed E-state index contributed by atoms with van der Waals surface area (Å²) < 4.78 is 1.84. The van der Waals surface area contributed by atoms with E-state index in [1.165, 1.54) is 24.2 Å². The fourth-order valence-corrected chi connectivity index (χ4v) is 4.75. The molecule has 0 bridgehead atoms. The summed E-state index contributed by atoms with van der Waals surface area (Å²) in [6.07, 6.45) is 6.31. The molecule has 1 heterocycles. The molecule has 1 saturated carbocycles. The first kappa shape index (κ1) is 24.6. The molecule has 1 fully saturated rings. The quantitative estimate of drug-likeness (QED) is 0.395. The third kappa shape index (κ3) is 6.49. The summed E-state index contributed by atoms with van der Waals surface area (Å²) >= 11 is 13.2. The molecule has 2 N–H and O–H groups in total. The number of nitrogens with one attached hydrogen (secondary N) is 2. The lowest BCUT2D eigenvalue weighted by Crippen LogP contribution is -2.41. The van der Waals surface area contributed by atoms with Crippen molar-refractivity contribution in [2.24, 2.45) is 5.92 Å². The van der Waals surface area contributed by atoms with Crippen LogP contribution in [0.25, 0.3) is 0 Å². The molecule has 2 aromatic rings. The Kier molecular flexibility index (Phi) is 9.02. The number of rotatable bonds is 9. The molecule has 10 heteroatoms.